The molecule has 0 saturated carbocycles. The molecule has 578 valence electrons. The van der Waals surface area contributed by atoms with Crippen molar-refractivity contribution in [3.63, 3.8) is 0 Å². The number of unbranched alkanes of at least 4 members (excludes halogenated alkanes) is 32. The highest BCUT2D eigenvalue weighted by atomic mass is 31.2. The highest BCUT2D eigenvalue weighted by molar-refractivity contribution is 7.47. The van der Waals surface area contributed by atoms with Crippen LogP contribution in [0.15, 0.2) is 97.2 Å². The Morgan fingerprint density at radius 3 is 0.810 bits per heavy atom. The van der Waals surface area contributed by atoms with Crippen molar-refractivity contribution in [3.8, 4) is 0 Å². The van der Waals surface area contributed by atoms with E-state index in [9.17, 15) is 43.2 Å². The van der Waals surface area contributed by atoms with Crippen LogP contribution in [0.4, 0.5) is 0 Å². The zero-order valence-electron chi connectivity index (χ0n) is 63.1. The summed E-state index contributed by atoms with van der Waals surface area (Å²) in [7, 11) is -9.95. The van der Waals surface area contributed by atoms with Crippen molar-refractivity contribution < 1.29 is 80.2 Å². The predicted octanol–water partition coefficient (Wildman–Crippen LogP) is 22.8. The van der Waals surface area contributed by atoms with Crippen LogP contribution < -0.4 is 0 Å². The van der Waals surface area contributed by atoms with E-state index in [4.69, 9.17) is 37.0 Å². The number of ether oxygens (including phenoxy) is 4. The van der Waals surface area contributed by atoms with Crippen LogP contribution in [-0.2, 0) is 65.4 Å². The van der Waals surface area contributed by atoms with Crippen LogP contribution in [0.25, 0.3) is 0 Å². The number of carbonyl (C=O) groups excluding carboxylic acids is 4. The third-order valence-electron chi connectivity index (χ3n) is 16.5. The number of aliphatic hydroxyl groups excluding tert-OH is 1. The van der Waals surface area contributed by atoms with Gasteiger partial charge in [-0.2, -0.15) is 0 Å². The zero-order chi connectivity index (χ0) is 73.2. The number of esters is 4. The molecular formula is C81H142O17P2. The standard InChI is InChI=1S/C81H142O17P2/c1-5-9-13-17-21-25-29-32-35-37-40-42-46-49-53-57-61-65-78(83)91-71-76(97-80(85)67-63-59-55-51-45-28-24-20-16-12-8-4)73-95-99(87,88)93-69-75(82)70-94-100(89,90)96-74-77(98-81(86)68-64-60-56-52-48-44-39-34-31-27-23-19-15-11-7-3)72-92-79(84)66-62-58-54-50-47-43-41-38-36-33-30-26-22-18-14-10-6-2/h9-10,13-14,21-22,25-26,32-36,39,41,43,75-77,82H,5-8,11-12,15-20,23-24,27-31,37-38,40,42,44-74H2,1-4H3,(H,87,88)(H,89,90)/b13-9-,14-10-,25-21-,26-22-,35-32-,36-33-,39-34-,43-41-. The van der Waals surface area contributed by atoms with Gasteiger partial charge in [-0.15, -0.1) is 0 Å². The molecule has 0 aliphatic rings. The van der Waals surface area contributed by atoms with Gasteiger partial charge in [0.15, 0.2) is 12.2 Å². The van der Waals surface area contributed by atoms with E-state index in [0.717, 1.165) is 180 Å². The van der Waals surface area contributed by atoms with Gasteiger partial charge in [0.2, 0.25) is 0 Å². The molecule has 0 radical (unpaired) electrons. The number of allylic oxidation sites excluding steroid dienone is 16. The van der Waals surface area contributed by atoms with Crippen LogP contribution >= 0.6 is 15.6 Å². The van der Waals surface area contributed by atoms with Gasteiger partial charge in [0.05, 0.1) is 26.4 Å². The molecule has 0 bridgehead atoms. The molecule has 3 N–H and O–H groups in total. The van der Waals surface area contributed by atoms with Crippen molar-refractivity contribution in [2.24, 2.45) is 0 Å². The minimum atomic E-state index is -4.98. The van der Waals surface area contributed by atoms with Crippen molar-refractivity contribution in [2.75, 3.05) is 39.6 Å². The van der Waals surface area contributed by atoms with Crippen molar-refractivity contribution in [3.05, 3.63) is 97.2 Å². The summed E-state index contributed by atoms with van der Waals surface area (Å²) in [6.07, 6.45) is 76.7. The molecule has 100 heavy (non-hydrogen) atoms. The van der Waals surface area contributed by atoms with Crippen molar-refractivity contribution in [1.29, 1.82) is 0 Å². The highest BCUT2D eigenvalue weighted by Gasteiger charge is 2.30. The first kappa shape index (κ1) is 96.0. The monoisotopic (exact) mass is 1450 g/mol. The van der Waals surface area contributed by atoms with Gasteiger partial charge in [-0.3, -0.25) is 37.3 Å². The fourth-order valence-corrected chi connectivity index (χ4v) is 12.2. The van der Waals surface area contributed by atoms with E-state index in [1.807, 2.05) is 0 Å². The number of aliphatic hydroxyl groups is 1. The van der Waals surface area contributed by atoms with Gasteiger partial charge in [-0.1, -0.05) is 285 Å². The van der Waals surface area contributed by atoms with Gasteiger partial charge in [0.25, 0.3) is 0 Å². The first-order valence-corrected chi connectivity index (χ1v) is 42.5. The van der Waals surface area contributed by atoms with Crippen LogP contribution in [-0.4, -0.2) is 96.7 Å². The van der Waals surface area contributed by atoms with Gasteiger partial charge >= 0.3 is 39.5 Å². The molecule has 0 aromatic rings. The summed E-state index contributed by atoms with van der Waals surface area (Å²) >= 11 is 0. The molecule has 17 nitrogen and oxygen atoms in total. The maximum atomic E-state index is 13.1. The second-order valence-corrected chi connectivity index (χ2v) is 29.2. The number of hydrogen-bond acceptors (Lipinski definition) is 15. The van der Waals surface area contributed by atoms with Gasteiger partial charge in [-0.25, -0.2) is 9.13 Å². The number of phosphoric ester groups is 2. The third-order valence-corrected chi connectivity index (χ3v) is 18.4. The lowest BCUT2D eigenvalue weighted by atomic mass is 10.1. The van der Waals surface area contributed by atoms with E-state index in [1.54, 1.807) is 0 Å². The Kier molecular flexibility index (Phi) is 70.4. The molecule has 0 aromatic heterocycles. The molecule has 0 spiro atoms. The molecule has 0 rings (SSSR count). The van der Waals surface area contributed by atoms with Crippen LogP contribution in [0.2, 0.25) is 0 Å². The fourth-order valence-electron chi connectivity index (χ4n) is 10.6. The van der Waals surface area contributed by atoms with E-state index in [0.29, 0.717) is 25.7 Å². The minimum absolute atomic E-state index is 0.0803. The Balaban J connectivity index is 5.34. The molecule has 0 amide bonds. The second kappa shape index (κ2) is 73.3. The zero-order valence-corrected chi connectivity index (χ0v) is 64.9. The highest BCUT2D eigenvalue weighted by Crippen LogP contribution is 2.45. The van der Waals surface area contributed by atoms with Gasteiger partial charge in [0, 0.05) is 25.7 Å². The van der Waals surface area contributed by atoms with Gasteiger partial charge in [0.1, 0.15) is 19.3 Å². The maximum absolute atomic E-state index is 13.1. The van der Waals surface area contributed by atoms with E-state index in [1.165, 1.54) is 77.0 Å². The normalized spacial score (nSPS) is 14.4. The average Bonchev–Trinajstić information content (AvgIpc) is 1.02. The summed E-state index contributed by atoms with van der Waals surface area (Å²) in [5.74, 6) is -2.20. The summed E-state index contributed by atoms with van der Waals surface area (Å²) in [5.41, 5.74) is 0. The molecule has 0 aliphatic carbocycles. The molecule has 5 atom stereocenters. The molecule has 0 aromatic carbocycles. The molecular weight excluding hydrogens is 1310 g/mol. The predicted molar refractivity (Wildman–Crippen MR) is 409 cm³/mol. The van der Waals surface area contributed by atoms with Crippen LogP contribution in [0.1, 0.15) is 336 Å². The Hall–Kier alpha value is -4.02. The quantitative estimate of drug-likeness (QED) is 0.0169. The van der Waals surface area contributed by atoms with Gasteiger partial charge in [-0.05, 0) is 122 Å². The number of hydrogen-bond donors (Lipinski definition) is 3. The SMILES string of the molecule is CC/C=C\C/C=C\C/C=C\C/C=C\CCCCCCC(=O)OCC(COP(=O)(O)OCC(O)COP(=O)(O)OCC(COC(=O)CCCCCCCCC/C=C\C/C=C\C/C=C\CC)OC(=O)CCCCCCCCCCCCC)OC(=O)CCCCCCC/C=C\CCCCCCCC. The Labute approximate surface area is 607 Å². The molecule has 0 fully saturated rings. The van der Waals surface area contributed by atoms with Crippen molar-refractivity contribution in [2.45, 2.75) is 354 Å². The summed E-state index contributed by atoms with van der Waals surface area (Å²) < 4.78 is 68.5. The average molecular weight is 1450 g/mol. The number of carbonyl (C=O) groups is 4. The Bertz CT molecular complexity index is 2270. The smallest absolute Gasteiger partial charge is 0.462 e. The lowest BCUT2D eigenvalue weighted by Crippen LogP contribution is -2.30. The number of rotatable bonds is 74. The van der Waals surface area contributed by atoms with Crippen LogP contribution in [0, 0.1) is 0 Å². The maximum Gasteiger partial charge on any atom is 0.472 e. The second-order valence-electron chi connectivity index (χ2n) is 26.2. The largest absolute Gasteiger partial charge is 0.472 e. The third kappa shape index (κ3) is 72.3. The van der Waals surface area contributed by atoms with Crippen molar-refractivity contribution >= 4 is 39.5 Å². The van der Waals surface area contributed by atoms with Crippen LogP contribution in [0.5, 0.6) is 0 Å². The fraction of sp³-hybridized carbons (Fsp3) is 0.753. The van der Waals surface area contributed by atoms with E-state index >= 15 is 0 Å². The lowest BCUT2D eigenvalue weighted by Gasteiger charge is -2.21. The topological polar surface area (TPSA) is 237 Å². The molecule has 0 aliphatic heterocycles. The summed E-state index contributed by atoms with van der Waals surface area (Å²) in [6, 6.07) is 0. The first-order valence-electron chi connectivity index (χ1n) is 39.5. The number of phosphoric acid groups is 2. The lowest BCUT2D eigenvalue weighted by molar-refractivity contribution is -0.161. The van der Waals surface area contributed by atoms with Crippen molar-refractivity contribution in [1.82, 2.24) is 0 Å². The summed E-state index contributed by atoms with van der Waals surface area (Å²) in [4.78, 5) is 72.9. The summed E-state index contributed by atoms with van der Waals surface area (Å²) in [5, 5.41) is 10.6. The molecule has 0 saturated heterocycles. The first-order chi connectivity index (χ1) is 48.7. The van der Waals surface area contributed by atoms with E-state index in [-0.39, 0.29) is 25.7 Å². The molecule has 19 heteroatoms. The Morgan fingerprint density at radius 1 is 0.290 bits per heavy atom. The van der Waals surface area contributed by atoms with E-state index in [2.05, 4.69) is 125 Å². The van der Waals surface area contributed by atoms with Gasteiger partial charge < -0.3 is 33.8 Å². The summed E-state index contributed by atoms with van der Waals surface area (Å²) in [6.45, 7) is 4.63. The van der Waals surface area contributed by atoms with E-state index < -0.39 is 97.5 Å². The van der Waals surface area contributed by atoms with Crippen LogP contribution in [0.3, 0.4) is 0 Å². The Morgan fingerprint density at radius 2 is 0.520 bits per heavy atom. The molecule has 0 heterocycles. The molecule has 5 unspecified atom stereocenters. The minimum Gasteiger partial charge on any atom is -0.462 e.